The van der Waals surface area contributed by atoms with E-state index in [4.69, 9.17) is 4.74 Å². The molecule has 0 bridgehead atoms. The number of nitrogens with zero attached hydrogens (tertiary/aromatic N) is 4. The van der Waals surface area contributed by atoms with Gasteiger partial charge in [0.25, 0.3) is 0 Å². The summed E-state index contributed by atoms with van der Waals surface area (Å²) >= 11 is 0. The standard InChI is InChI=1S/C12H23N5O/c1-4-5-10-8-11(10)17-12(14-15-16-17)9(2)13-6-7-18-3/h9-11,13H,4-8H2,1-3H3. The largest absolute Gasteiger partial charge is 0.383 e. The van der Waals surface area contributed by atoms with Crippen LogP contribution < -0.4 is 5.32 Å². The number of ether oxygens (including phenoxy) is 1. The zero-order valence-electron chi connectivity index (χ0n) is 11.5. The molecule has 3 atom stereocenters. The third kappa shape index (κ3) is 3.05. The molecule has 6 heteroatoms. The van der Waals surface area contributed by atoms with Gasteiger partial charge in [0.05, 0.1) is 18.7 Å². The van der Waals surface area contributed by atoms with E-state index in [1.54, 1.807) is 7.11 Å². The van der Waals surface area contributed by atoms with Gasteiger partial charge in [0.15, 0.2) is 5.82 Å². The summed E-state index contributed by atoms with van der Waals surface area (Å²) in [6.07, 6.45) is 3.73. The molecule has 102 valence electrons. The van der Waals surface area contributed by atoms with Gasteiger partial charge in [-0.15, -0.1) is 5.10 Å². The summed E-state index contributed by atoms with van der Waals surface area (Å²) in [5.41, 5.74) is 0. The smallest absolute Gasteiger partial charge is 0.168 e. The summed E-state index contributed by atoms with van der Waals surface area (Å²) in [4.78, 5) is 0. The Morgan fingerprint density at radius 1 is 1.56 bits per heavy atom. The first kappa shape index (κ1) is 13.4. The Bertz CT molecular complexity index is 367. The Kier molecular flexibility index (Phi) is 4.66. The maximum atomic E-state index is 5.03. The molecule has 0 aromatic carbocycles. The van der Waals surface area contributed by atoms with Crippen molar-refractivity contribution >= 4 is 0 Å². The monoisotopic (exact) mass is 253 g/mol. The number of nitrogens with one attached hydrogen (secondary N) is 1. The van der Waals surface area contributed by atoms with Gasteiger partial charge in [-0.25, -0.2) is 4.68 Å². The molecule has 3 unspecified atom stereocenters. The van der Waals surface area contributed by atoms with E-state index in [-0.39, 0.29) is 6.04 Å². The highest BCUT2D eigenvalue weighted by Crippen LogP contribution is 2.46. The van der Waals surface area contributed by atoms with Gasteiger partial charge < -0.3 is 10.1 Å². The minimum absolute atomic E-state index is 0.165. The van der Waals surface area contributed by atoms with E-state index in [1.807, 2.05) is 4.68 Å². The molecule has 0 saturated heterocycles. The fraction of sp³-hybridized carbons (Fsp3) is 0.917. The minimum atomic E-state index is 0.165. The highest BCUT2D eigenvalue weighted by Gasteiger charge is 2.40. The summed E-state index contributed by atoms with van der Waals surface area (Å²) in [5.74, 6) is 1.71. The Labute approximate surface area is 108 Å². The van der Waals surface area contributed by atoms with Gasteiger partial charge in [-0.05, 0) is 36.1 Å². The number of hydrogen-bond donors (Lipinski definition) is 1. The lowest BCUT2D eigenvalue weighted by Gasteiger charge is -2.13. The predicted molar refractivity (Wildman–Crippen MR) is 68.2 cm³/mol. The summed E-state index contributed by atoms with van der Waals surface area (Å²) in [7, 11) is 1.70. The number of aromatic nitrogens is 4. The van der Waals surface area contributed by atoms with Crippen LogP contribution in [0.1, 0.15) is 51.0 Å². The number of hydrogen-bond acceptors (Lipinski definition) is 5. The van der Waals surface area contributed by atoms with Gasteiger partial charge in [-0.3, -0.25) is 0 Å². The van der Waals surface area contributed by atoms with Crippen molar-refractivity contribution in [3.8, 4) is 0 Å². The van der Waals surface area contributed by atoms with E-state index in [1.165, 1.54) is 19.3 Å². The molecule has 1 aliphatic carbocycles. The van der Waals surface area contributed by atoms with Gasteiger partial charge in [-0.1, -0.05) is 13.3 Å². The molecule has 1 aromatic rings. The highest BCUT2D eigenvalue weighted by molar-refractivity contribution is 4.99. The molecule has 1 aliphatic rings. The molecule has 1 heterocycles. The summed E-state index contributed by atoms with van der Waals surface area (Å²) in [5, 5.41) is 15.5. The lowest BCUT2D eigenvalue weighted by atomic mass is 10.2. The average Bonchev–Trinajstić information content (AvgIpc) is 2.95. The first-order valence-corrected chi connectivity index (χ1v) is 6.78. The molecule has 1 aromatic heterocycles. The van der Waals surface area contributed by atoms with Crippen LogP contribution >= 0.6 is 0 Å². The molecule has 0 amide bonds. The first-order valence-electron chi connectivity index (χ1n) is 6.78. The summed E-state index contributed by atoms with van der Waals surface area (Å²) < 4.78 is 7.03. The normalized spacial score (nSPS) is 24.2. The zero-order chi connectivity index (χ0) is 13.0. The van der Waals surface area contributed by atoms with Crippen LogP contribution in [0.5, 0.6) is 0 Å². The van der Waals surface area contributed by atoms with Gasteiger partial charge >= 0.3 is 0 Å². The average molecular weight is 253 g/mol. The van der Waals surface area contributed by atoms with Gasteiger partial charge in [-0.2, -0.15) is 0 Å². The quantitative estimate of drug-likeness (QED) is 0.708. The number of tetrazole rings is 1. The second-order valence-electron chi connectivity index (χ2n) is 5.00. The molecule has 6 nitrogen and oxygen atoms in total. The third-order valence-electron chi connectivity index (χ3n) is 3.52. The molecule has 0 spiro atoms. The van der Waals surface area contributed by atoms with Crippen molar-refractivity contribution in [2.24, 2.45) is 5.92 Å². The topological polar surface area (TPSA) is 64.9 Å². The van der Waals surface area contributed by atoms with E-state index in [0.717, 1.165) is 18.3 Å². The molecule has 1 N–H and O–H groups in total. The number of rotatable bonds is 8. The Balaban J connectivity index is 1.91. The van der Waals surface area contributed by atoms with Crippen molar-refractivity contribution in [2.75, 3.05) is 20.3 Å². The van der Waals surface area contributed by atoms with Crippen molar-refractivity contribution in [2.45, 2.75) is 45.2 Å². The second kappa shape index (κ2) is 6.24. The van der Waals surface area contributed by atoms with Crippen LogP contribution in [0.2, 0.25) is 0 Å². The fourth-order valence-electron chi connectivity index (χ4n) is 2.40. The minimum Gasteiger partial charge on any atom is -0.383 e. The van der Waals surface area contributed by atoms with Crippen LogP contribution in [-0.2, 0) is 4.74 Å². The van der Waals surface area contributed by atoms with Crippen molar-refractivity contribution in [1.29, 1.82) is 0 Å². The van der Waals surface area contributed by atoms with Crippen LogP contribution in [0.15, 0.2) is 0 Å². The maximum Gasteiger partial charge on any atom is 0.168 e. The SMILES string of the molecule is CCCC1CC1n1nnnc1C(C)NCCOC. The Hall–Kier alpha value is -1.01. The predicted octanol–water partition coefficient (Wildman–Crippen LogP) is 1.33. The van der Waals surface area contributed by atoms with Crippen molar-refractivity contribution < 1.29 is 4.74 Å². The van der Waals surface area contributed by atoms with Gasteiger partial charge in [0.2, 0.25) is 0 Å². The molecule has 0 aliphatic heterocycles. The van der Waals surface area contributed by atoms with E-state index in [9.17, 15) is 0 Å². The van der Waals surface area contributed by atoms with E-state index >= 15 is 0 Å². The van der Waals surface area contributed by atoms with Crippen LogP contribution in [0.4, 0.5) is 0 Å². The Morgan fingerprint density at radius 2 is 2.39 bits per heavy atom. The van der Waals surface area contributed by atoms with Gasteiger partial charge in [0.1, 0.15) is 0 Å². The summed E-state index contributed by atoms with van der Waals surface area (Å²) in [6.45, 7) is 5.83. The number of methoxy groups -OCH3 is 1. The van der Waals surface area contributed by atoms with E-state index in [2.05, 4.69) is 34.7 Å². The van der Waals surface area contributed by atoms with Crippen molar-refractivity contribution in [3.63, 3.8) is 0 Å². The van der Waals surface area contributed by atoms with E-state index < -0.39 is 0 Å². The van der Waals surface area contributed by atoms with Gasteiger partial charge in [0, 0.05) is 13.7 Å². The van der Waals surface area contributed by atoms with Crippen molar-refractivity contribution in [1.82, 2.24) is 25.5 Å². The van der Waals surface area contributed by atoms with Crippen LogP contribution in [-0.4, -0.2) is 40.5 Å². The van der Waals surface area contributed by atoms with Crippen LogP contribution in [0.25, 0.3) is 0 Å². The van der Waals surface area contributed by atoms with Crippen molar-refractivity contribution in [3.05, 3.63) is 5.82 Å². The molecular formula is C12H23N5O. The molecular weight excluding hydrogens is 230 g/mol. The maximum absolute atomic E-state index is 5.03. The van der Waals surface area contributed by atoms with E-state index in [0.29, 0.717) is 12.6 Å². The Morgan fingerprint density at radius 3 is 3.11 bits per heavy atom. The second-order valence-corrected chi connectivity index (χ2v) is 5.00. The molecule has 18 heavy (non-hydrogen) atoms. The third-order valence-corrected chi connectivity index (χ3v) is 3.52. The fourth-order valence-corrected chi connectivity index (χ4v) is 2.40. The molecule has 1 saturated carbocycles. The van der Waals surface area contributed by atoms with Crippen LogP contribution in [0, 0.1) is 5.92 Å². The molecule has 1 fully saturated rings. The lowest BCUT2D eigenvalue weighted by Crippen LogP contribution is -2.25. The highest BCUT2D eigenvalue weighted by atomic mass is 16.5. The van der Waals surface area contributed by atoms with Crippen LogP contribution in [0.3, 0.4) is 0 Å². The zero-order valence-corrected chi connectivity index (χ0v) is 11.5. The first-order chi connectivity index (χ1) is 8.77. The lowest BCUT2D eigenvalue weighted by molar-refractivity contribution is 0.195. The molecule has 0 radical (unpaired) electrons. The summed E-state index contributed by atoms with van der Waals surface area (Å²) in [6, 6.07) is 0.680. The molecule has 2 rings (SSSR count).